The second-order valence-electron chi connectivity index (χ2n) is 8.06. The predicted octanol–water partition coefficient (Wildman–Crippen LogP) is 7.14. The lowest BCUT2D eigenvalue weighted by Crippen LogP contribution is -2.08. The first-order valence-corrected chi connectivity index (χ1v) is 12.7. The third-order valence-corrected chi connectivity index (χ3v) is 5.09. The van der Waals surface area contributed by atoms with Crippen LogP contribution in [-0.2, 0) is 14.3 Å². The fourth-order valence-electron chi connectivity index (χ4n) is 3.19. The highest BCUT2D eigenvalue weighted by molar-refractivity contribution is 7.80. The molecule has 38 heavy (non-hydrogen) atoms. The van der Waals surface area contributed by atoms with Crippen LogP contribution in [-0.4, -0.2) is 44.6 Å². The van der Waals surface area contributed by atoms with Crippen LogP contribution in [0.15, 0.2) is 54.7 Å². The van der Waals surface area contributed by atoms with Crippen molar-refractivity contribution in [3.05, 3.63) is 94.2 Å². The maximum atomic E-state index is 14.0. The van der Waals surface area contributed by atoms with E-state index < -0.39 is 11.6 Å². The highest BCUT2D eigenvalue weighted by Crippen LogP contribution is 2.30. The molecule has 0 amide bonds. The van der Waals surface area contributed by atoms with E-state index >= 15 is 0 Å². The first-order chi connectivity index (χ1) is 18.2. The van der Waals surface area contributed by atoms with Crippen LogP contribution in [0.2, 0.25) is 0 Å². The molecule has 1 unspecified atom stereocenters. The van der Waals surface area contributed by atoms with Gasteiger partial charge in [0.05, 0.1) is 0 Å². The Morgan fingerprint density at radius 3 is 1.97 bits per heavy atom. The third kappa shape index (κ3) is 15.2. The molecule has 0 spiro atoms. The van der Waals surface area contributed by atoms with Crippen LogP contribution in [0.5, 0.6) is 0 Å². The molecule has 210 valence electrons. The normalized spacial score (nSPS) is 10.0. The largest absolute Gasteiger partial charge is 0.385 e. The number of carbonyl (C=O) groups is 2. The Morgan fingerprint density at radius 2 is 1.47 bits per heavy atom. The first-order valence-electron chi connectivity index (χ1n) is 12.1. The Kier molecular flexibility index (Phi) is 22.5. The monoisotopic (exact) mass is 548 g/mol. The number of aryl methyl sites for hydroxylation is 3. The van der Waals surface area contributed by atoms with Crippen molar-refractivity contribution in [2.75, 3.05) is 31.3 Å². The SMILES string of the molecule is C=O.C=O.CCS.COCCCNc1cc(C(C)c2cc(F)ccc2F)c(C)cn1.Cc1ccc(C)cc1. The average molecular weight is 549 g/mol. The number of halogens is 2. The van der Waals surface area contributed by atoms with E-state index in [0.717, 1.165) is 41.7 Å². The molecule has 0 radical (unpaired) electrons. The fourth-order valence-corrected chi connectivity index (χ4v) is 3.19. The lowest BCUT2D eigenvalue weighted by Gasteiger charge is -2.17. The summed E-state index contributed by atoms with van der Waals surface area (Å²) in [5, 5.41) is 3.22. The zero-order valence-corrected chi connectivity index (χ0v) is 24.3. The van der Waals surface area contributed by atoms with Gasteiger partial charge in [-0.3, -0.25) is 0 Å². The van der Waals surface area contributed by atoms with Crippen molar-refractivity contribution in [1.29, 1.82) is 0 Å². The molecule has 1 N–H and O–H groups in total. The number of pyridine rings is 1. The smallest absolute Gasteiger partial charge is 0.127 e. The van der Waals surface area contributed by atoms with Gasteiger partial charge in [0, 0.05) is 32.4 Å². The molecule has 0 saturated carbocycles. The molecule has 0 fully saturated rings. The lowest BCUT2D eigenvalue weighted by atomic mass is 9.90. The Balaban J connectivity index is 0. The Labute approximate surface area is 232 Å². The summed E-state index contributed by atoms with van der Waals surface area (Å²) >= 11 is 3.79. The number of rotatable bonds is 7. The van der Waals surface area contributed by atoms with Gasteiger partial charge in [-0.05, 0) is 73.9 Å². The summed E-state index contributed by atoms with van der Waals surface area (Å²) in [5.41, 5.74) is 4.89. The van der Waals surface area contributed by atoms with Crippen molar-refractivity contribution in [1.82, 2.24) is 4.98 Å². The zero-order valence-electron chi connectivity index (χ0n) is 23.4. The molecule has 1 aromatic heterocycles. The molecule has 0 bridgehead atoms. The van der Waals surface area contributed by atoms with E-state index in [1.54, 1.807) is 13.3 Å². The van der Waals surface area contributed by atoms with Gasteiger partial charge in [-0.25, -0.2) is 13.8 Å². The molecule has 1 heterocycles. The van der Waals surface area contributed by atoms with Crippen molar-refractivity contribution in [3.63, 3.8) is 0 Å². The van der Waals surface area contributed by atoms with Gasteiger partial charge < -0.3 is 19.6 Å². The van der Waals surface area contributed by atoms with Crippen molar-refractivity contribution in [3.8, 4) is 0 Å². The summed E-state index contributed by atoms with van der Waals surface area (Å²) in [6.07, 6.45) is 2.62. The van der Waals surface area contributed by atoms with E-state index in [4.69, 9.17) is 14.3 Å². The number of nitrogens with one attached hydrogen (secondary N) is 1. The number of carbonyl (C=O) groups excluding carboxylic acids is 2. The number of anilines is 1. The van der Waals surface area contributed by atoms with Crippen LogP contribution in [0.1, 0.15) is 54.0 Å². The maximum absolute atomic E-state index is 14.0. The molecule has 0 saturated heterocycles. The minimum Gasteiger partial charge on any atom is -0.385 e. The number of hydrogen-bond acceptors (Lipinski definition) is 6. The standard InChI is InChI=1S/C18H22F2N2O.C8H10.C2H6S.2CH2O/c1-12-11-22-18(21-7-4-8-23-3)10-15(12)13(2)16-9-14(19)5-6-17(16)20;1-7-3-5-8(2)6-4-7;1-2-3;2*1-2/h5-6,9-11,13H,4,7-8H2,1-3H3,(H,21,22);3-6H,1-2H3;3H,2H2,1H3;2*1H2. The summed E-state index contributed by atoms with van der Waals surface area (Å²) in [6, 6.07) is 13.9. The van der Waals surface area contributed by atoms with Gasteiger partial charge in [0.25, 0.3) is 0 Å². The van der Waals surface area contributed by atoms with Crippen molar-refractivity contribution >= 4 is 32.0 Å². The number of benzene rings is 2. The Hall–Kier alpha value is -3.10. The topological polar surface area (TPSA) is 68.3 Å². The summed E-state index contributed by atoms with van der Waals surface area (Å²) in [7, 11) is 1.66. The Morgan fingerprint density at radius 1 is 0.947 bits per heavy atom. The molecule has 2 aromatic carbocycles. The fraction of sp³-hybridized carbons (Fsp3) is 0.367. The van der Waals surface area contributed by atoms with Gasteiger partial charge in [-0.2, -0.15) is 12.6 Å². The number of methoxy groups -OCH3 is 1. The summed E-state index contributed by atoms with van der Waals surface area (Å²) in [6.45, 7) is 15.4. The second-order valence-corrected chi connectivity index (χ2v) is 8.69. The number of hydrogen-bond donors (Lipinski definition) is 2. The molecule has 0 aliphatic heterocycles. The lowest BCUT2D eigenvalue weighted by molar-refractivity contribution is -0.0987. The van der Waals surface area contributed by atoms with Crippen LogP contribution in [0, 0.1) is 32.4 Å². The molecule has 1 atom stereocenters. The summed E-state index contributed by atoms with van der Waals surface area (Å²) < 4.78 is 32.5. The highest BCUT2D eigenvalue weighted by atomic mass is 32.1. The molecule has 3 aromatic rings. The van der Waals surface area contributed by atoms with Crippen LogP contribution < -0.4 is 5.32 Å². The molecular formula is C30H42F2N2O3S. The van der Waals surface area contributed by atoms with Crippen LogP contribution in [0.4, 0.5) is 14.6 Å². The molecule has 0 aliphatic rings. The number of nitrogens with zero attached hydrogens (tertiary/aromatic N) is 1. The van der Waals surface area contributed by atoms with Crippen molar-refractivity contribution in [2.24, 2.45) is 0 Å². The highest BCUT2D eigenvalue weighted by Gasteiger charge is 2.17. The van der Waals surface area contributed by atoms with E-state index in [1.165, 1.54) is 23.3 Å². The van der Waals surface area contributed by atoms with Crippen LogP contribution >= 0.6 is 12.6 Å². The molecule has 0 aliphatic carbocycles. The van der Waals surface area contributed by atoms with E-state index in [1.807, 2.05) is 40.4 Å². The second kappa shape index (κ2) is 23.0. The number of thiol groups is 1. The maximum Gasteiger partial charge on any atom is 0.127 e. The predicted molar refractivity (Wildman–Crippen MR) is 158 cm³/mol. The number of aromatic nitrogens is 1. The molecule has 8 heteroatoms. The Bertz CT molecular complexity index is 998. The van der Waals surface area contributed by atoms with E-state index in [9.17, 15) is 8.78 Å². The van der Waals surface area contributed by atoms with Crippen LogP contribution in [0.25, 0.3) is 0 Å². The zero-order chi connectivity index (χ0) is 29.5. The van der Waals surface area contributed by atoms with Gasteiger partial charge in [0.2, 0.25) is 0 Å². The van der Waals surface area contributed by atoms with Crippen molar-refractivity contribution < 1.29 is 23.1 Å². The van der Waals surface area contributed by atoms with Gasteiger partial charge in [-0.15, -0.1) is 0 Å². The van der Waals surface area contributed by atoms with Crippen molar-refractivity contribution in [2.45, 2.75) is 47.0 Å². The molecular weight excluding hydrogens is 506 g/mol. The van der Waals surface area contributed by atoms with E-state index in [0.29, 0.717) is 12.2 Å². The minimum atomic E-state index is -0.433. The first kappa shape index (κ1) is 37.1. The van der Waals surface area contributed by atoms with Gasteiger partial charge in [0.1, 0.15) is 31.0 Å². The van der Waals surface area contributed by atoms with Crippen LogP contribution in [0.3, 0.4) is 0 Å². The number of ether oxygens (including phenoxy) is 1. The average Bonchev–Trinajstić information content (AvgIpc) is 2.93. The quantitative estimate of drug-likeness (QED) is 0.243. The van der Waals surface area contributed by atoms with Gasteiger partial charge >= 0.3 is 0 Å². The molecule has 5 nitrogen and oxygen atoms in total. The van der Waals surface area contributed by atoms with Gasteiger partial charge in [-0.1, -0.05) is 49.2 Å². The third-order valence-electron chi connectivity index (χ3n) is 5.09. The van der Waals surface area contributed by atoms with Gasteiger partial charge in [0.15, 0.2) is 0 Å². The van der Waals surface area contributed by atoms with E-state index in [2.05, 4.69) is 61.0 Å². The summed E-state index contributed by atoms with van der Waals surface area (Å²) in [4.78, 5) is 20.3. The summed E-state index contributed by atoms with van der Waals surface area (Å²) in [5.74, 6) is 0.584. The molecule has 3 rings (SSSR count). The van der Waals surface area contributed by atoms with E-state index in [-0.39, 0.29) is 5.92 Å². The minimum absolute atomic E-state index is 0.256.